The molecule has 8 heteroatoms. The van der Waals surface area contributed by atoms with Crippen molar-refractivity contribution in [3.63, 3.8) is 0 Å². The summed E-state index contributed by atoms with van der Waals surface area (Å²) >= 11 is 0. The van der Waals surface area contributed by atoms with E-state index >= 15 is 0 Å². The van der Waals surface area contributed by atoms with Crippen LogP contribution in [-0.2, 0) is 16.0 Å². The van der Waals surface area contributed by atoms with Crippen LogP contribution in [0.5, 0.6) is 5.75 Å². The van der Waals surface area contributed by atoms with E-state index in [2.05, 4.69) is 5.32 Å². The normalized spacial score (nSPS) is 14.2. The van der Waals surface area contributed by atoms with E-state index in [1.54, 1.807) is 24.0 Å². The predicted octanol–water partition coefficient (Wildman–Crippen LogP) is 4.57. The molecule has 0 radical (unpaired) electrons. The fourth-order valence-electron chi connectivity index (χ4n) is 3.63. The molecule has 2 N–H and O–H groups in total. The molecule has 2 amide bonds. The van der Waals surface area contributed by atoms with Gasteiger partial charge in [0.2, 0.25) is 0 Å². The number of carboxylic acid groups (broad SMARTS) is 1. The highest BCUT2D eigenvalue weighted by atomic mass is 19.1. The maximum Gasteiger partial charge on any atom is 0.333 e. The van der Waals surface area contributed by atoms with Gasteiger partial charge < -0.3 is 24.8 Å². The minimum Gasteiger partial charge on any atom is -0.492 e. The average molecular weight is 459 g/mol. The Hall–Kier alpha value is -3.13. The number of anilines is 1. The maximum absolute atomic E-state index is 13.1. The van der Waals surface area contributed by atoms with Crippen LogP contribution in [0, 0.1) is 11.7 Å². The molecule has 1 saturated carbocycles. The lowest BCUT2D eigenvalue weighted by molar-refractivity contribution is -0.149. The summed E-state index contributed by atoms with van der Waals surface area (Å²) in [4.78, 5) is 25.8. The number of nitrogens with zero attached hydrogens (tertiary/aromatic N) is 1. The largest absolute Gasteiger partial charge is 0.492 e. The second-order valence-corrected chi connectivity index (χ2v) is 8.16. The number of carboxylic acids is 1. The van der Waals surface area contributed by atoms with Gasteiger partial charge in [0, 0.05) is 25.3 Å². The molecule has 0 bridgehead atoms. The molecule has 1 atom stereocenters. The smallest absolute Gasteiger partial charge is 0.333 e. The fourth-order valence-corrected chi connectivity index (χ4v) is 3.63. The number of hydrogen-bond acceptors (Lipinski definition) is 4. The molecule has 7 nitrogen and oxygen atoms in total. The van der Waals surface area contributed by atoms with Gasteiger partial charge in [-0.15, -0.1) is 0 Å². The standard InChI is InChI=1S/C25H31FN2O5/c1-2-32-23(24(29)30)16-18-6-12-22(13-7-18)33-15-14-28(17-19-4-3-5-19)25(31)27-21-10-8-20(26)9-11-21/h6-13,19,23H,2-5,14-17H2,1H3,(H,27,31)(H,29,30). The van der Waals surface area contributed by atoms with Gasteiger partial charge in [0.05, 0.1) is 6.54 Å². The highest BCUT2D eigenvalue weighted by Gasteiger charge is 2.24. The van der Waals surface area contributed by atoms with E-state index in [0.29, 0.717) is 43.7 Å². The van der Waals surface area contributed by atoms with Gasteiger partial charge in [-0.3, -0.25) is 0 Å². The van der Waals surface area contributed by atoms with Gasteiger partial charge in [-0.1, -0.05) is 18.6 Å². The van der Waals surface area contributed by atoms with Crippen LogP contribution in [-0.4, -0.2) is 54.4 Å². The summed E-state index contributed by atoms with van der Waals surface area (Å²) in [6, 6.07) is 12.7. The highest BCUT2D eigenvalue weighted by molar-refractivity contribution is 5.89. The Morgan fingerprint density at radius 3 is 2.42 bits per heavy atom. The molecular weight excluding hydrogens is 427 g/mol. The number of nitrogens with one attached hydrogen (secondary N) is 1. The minimum absolute atomic E-state index is 0.233. The van der Waals surface area contributed by atoms with Gasteiger partial charge >= 0.3 is 12.0 Å². The van der Waals surface area contributed by atoms with Crippen molar-refractivity contribution < 1.29 is 28.6 Å². The molecule has 0 spiro atoms. The van der Waals surface area contributed by atoms with Crippen molar-refractivity contribution in [1.29, 1.82) is 0 Å². The molecule has 3 rings (SSSR count). The van der Waals surface area contributed by atoms with E-state index in [1.165, 1.54) is 30.7 Å². The molecule has 178 valence electrons. The number of aliphatic carboxylic acids is 1. The zero-order valence-electron chi connectivity index (χ0n) is 18.8. The Balaban J connectivity index is 1.51. The molecular formula is C25H31FN2O5. The molecule has 33 heavy (non-hydrogen) atoms. The van der Waals surface area contributed by atoms with E-state index in [-0.39, 0.29) is 18.3 Å². The number of urea groups is 1. The first-order valence-electron chi connectivity index (χ1n) is 11.3. The molecule has 0 saturated heterocycles. The number of halogens is 1. The summed E-state index contributed by atoms with van der Waals surface area (Å²) in [5.41, 5.74) is 1.39. The SMILES string of the molecule is CCOC(Cc1ccc(OCCN(CC2CCC2)C(=O)Nc2ccc(F)cc2)cc1)C(=O)O. The van der Waals surface area contributed by atoms with Crippen LogP contribution in [0.4, 0.5) is 14.9 Å². The third-order valence-corrected chi connectivity index (χ3v) is 5.70. The lowest BCUT2D eigenvalue weighted by atomic mass is 9.85. The van der Waals surface area contributed by atoms with E-state index in [9.17, 15) is 19.1 Å². The number of ether oxygens (including phenoxy) is 2. The molecule has 1 unspecified atom stereocenters. The number of hydrogen-bond donors (Lipinski definition) is 2. The van der Waals surface area contributed by atoms with E-state index in [4.69, 9.17) is 9.47 Å². The Morgan fingerprint density at radius 1 is 1.15 bits per heavy atom. The van der Waals surface area contributed by atoms with Gasteiger partial charge in [-0.25, -0.2) is 14.0 Å². The van der Waals surface area contributed by atoms with Gasteiger partial charge in [0.15, 0.2) is 6.10 Å². The molecule has 2 aromatic carbocycles. The Morgan fingerprint density at radius 2 is 1.85 bits per heavy atom. The number of benzene rings is 2. The molecule has 1 aliphatic rings. The third-order valence-electron chi connectivity index (χ3n) is 5.70. The zero-order chi connectivity index (χ0) is 23.6. The summed E-state index contributed by atoms with van der Waals surface area (Å²) < 4.78 is 24.2. The average Bonchev–Trinajstić information content (AvgIpc) is 2.77. The molecule has 1 aliphatic carbocycles. The van der Waals surface area contributed by atoms with Crippen molar-refractivity contribution in [1.82, 2.24) is 4.90 Å². The second-order valence-electron chi connectivity index (χ2n) is 8.16. The van der Waals surface area contributed by atoms with Gasteiger partial charge in [0.1, 0.15) is 18.2 Å². The van der Waals surface area contributed by atoms with Crippen LogP contribution in [0.3, 0.4) is 0 Å². The first-order chi connectivity index (χ1) is 15.9. The molecule has 2 aromatic rings. The summed E-state index contributed by atoms with van der Waals surface area (Å²) in [5.74, 6) is -0.196. The first-order valence-corrected chi connectivity index (χ1v) is 11.3. The quantitative estimate of drug-likeness (QED) is 0.486. The van der Waals surface area contributed by atoms with Gasteiger partial charge in [-0.2, -0.15) is 0 Å². The molecule has 0 heterocycles. The van der Waals surface area contributed by atoms with E-state index < -0.39 is 12.1 Å². The summed E-state index contributed by atoms with van der Waals surface area (Å²) in [7, 11) is 0. The van der Waals surface area contributed by atoms with Crippen LogP contribution in [0.25, 0.3) is 0 Å². The third kappa shape index (κ3) is 7.75. The summed E-state index contributed by atoms with van der Waals surface area (Å²) in [6.07, 6.45) is 2.82. The molecule has 0 aromatic heterocycles. The number of carbonyl (C=O) groups excluding carboxylic acids is 1. The van der Waals surface area contributed by atoms with Crippen LogP contribution in [0.2, 0.25) is 0 Å². The maximum atomic E-state index is 13.1. The van der Waals surface area contributed by atoms with Crippen LogP contribution in [0.1, 0.15) is 31.7 Å². The van der Waals surface area contributed by atoms with Crippen molar-refractivity contribution in [3.8, 4) is 5.75 Å². The van der Waals surface area contributed by atoms with Gasteiger partial charge in [-0.05, 0) is 67.6 Å². The van der Waals surface area contributed by atoms with Crippen molar-refractivity contribution in [3.05, 3.63) is 59.9 Å². The summed E-state index contributed by atoms with van der Waals surface area (Å²) in [6.45, 7) is 3.49. The lowest BCUT2D eigenvalue weighted by Crippen LogP contribution is -2.42. The van der Waals surface area contributed by atoms with Crippen molar-refractivity contribution in [2.75, 3.05) is 31.6 Å². The van der Waals surface area contributed by atoms with Crippen molar-refractivity contribution in [2.24, 2.45) is 5.92 Å². The van der Waals surface area contributed by atoms with E-state index in [1.807, 2.05) is 12.1 Å². The zero-order valence-corrected chi connectivity index (χ0v) is 18.8. The monoisotopic (exact) mass is 458 g/mol. The van der Waals surface area contributed by atoms with Crippen LogP contribution in [0.15, 0.2) is 48.5 Å². The molecule has 0 aliphatic heterocycles. The topological polar surface area (TPSA) is 88.1 Å². The van der Waals surface area contributed by atoms with Crippen molar-refractivity contribution in [2.45, 2.75) is 38.7 Å². The second kappa shape index (κ2) is 12.2. The Labute approximate surface area is 193 Å². The fraction of sp³-hybridized carbons (Fsp3) is 0.440. The van der Waals surface area contributed by atoms with Crippen molar-refractivity contribution >= 4 is 17.7 Å². The Bertz CT molecular complexity index is 900. The first kappa shape index (κ1) is 24.5. The van der Waals surface area contributed by atoms with Crippen LogP contribution < -0.4 is 10.1 Å². The lowest BCUT2D eigenvalue weighted by Gasteiger charge is -2.32. The predicted molar refractivity (Wildman–Crippen MR) is 123 cm³/mol. The van der Waals surface area contributed by atoms with Gasteiger partial charge in [0.25, 0.3) is 0 Å². The molecule has 1 fully saturated rings. The summed E-state index contributed by atoms with van der Waals surface area (Å²) in [5, 5.41) is 12.0. The van der Waals surface area contributed by atoms with Crippen LogP contribution >= 0.6 is 0 Å². The minimum atomic E-state index is -0.984. The Kier molecular flexibility index (Phi) is 9.06. The number of amides is 2. The van der Waals surface area contributed by atoms with E-state index in [0.717, 1.165) is 18.4 Å². The number of rotatable bonds is 12. The highest BCUT2D eigenvalue weighted by Crippen LogP contribution is 2.27. The number of carbonyl (C=O) groups is 2.